The van der Waals surface area contributed by atoms with Crippen LogP contribution in [0.1, 0.15) is 33.0 Å². The van der Waals surface area contributed by atoms with Crippen molar-refractivity contribution in [2.24, 2.45) is 11.3 Å². The van der Waals surface area contributed by atoms with E-state index in [1.54, 1.807) is 18.2 Å². The molecule has 1 aliphatic rings. The maximum Gasteiger partial charge on any atom is 0.407 e. The zero-order valence-electron chi connectivity index (χ0n) is 18.7. The zero-order valence-corrected chi connectivity index (χ0v) is 18.7. The van der Waals surface area contributed by atoms with Gasteiger partial charge in [-0.05, 0) is 53.1 Å². The van der Waals surface area contributed by atoms with Gasteiger partial charge >= 0.3 is 11.8 Å². The van der Waals surface area contributed by atoms with Gasteiger partial charge in [-0.1, -0.05) is 39.0 Å². The first-order valence-corrected chi connectivity index (χ1v) is 10.8. The first kappa shape index (κ1) is 22.6. The fraction of sp³-hybridized carbons (Fsp3) is 0.375. The van der Waals surface area contributed by atoms with Gasteiger partial charge in [0.1, 0.15) is 17.4 Å². The Labute approximate surface area is 190 Å². The molecule has 3 aromatic rings. The van der Waals surface area contributed by atoms with Crippen molar-refractivity contribution in [1.82, 2.24) is 19.7 Å². The number of nitrogens with zero attached hydrogens (tertiary/aromatic N) is 3. The van der Waals surface area contributed by atoms with Crippen molar-refractivity contribution in [3.8, 4) is 22.6 Å². The minimum Gasteiger partial charge on any atom is -0.508 e. The Hall–Kier alpha value is -3.62. The Morgan fingerprint density at radius 1 is 1.18 bits per heavy atom. The number of phenols is 1. The number of likely N-dealkylation sites (tertiary alicyclic amines) is 1. The van der Waals surface area contributed by atoms with Crippen molar-refractivity contribution in [3.63, 3.8) is 0 Å². The summed E-state index contributed by atoms with van der Waals surface area (Å²) in [6.07, 6.45) is 0.00830. The average molecular weight is 455 g/mol. The lowest BCUT2D eigenvalue weighted by molar-refractivity contribution is 0.0906. The van der Waals surface area contributed by atoms with Gasteiger partial charge in [0.25, 0.3) is 0 Å². The molecule has 3 N–H and O–H groups in total. The highest BCUT2D eigenvalue weighted by Crippen LogP contribution is 2.38. The predicted octanol–water partition coefficient (Wildman–Crippen LogP) is 4.03. The van der Waals surface area contributed by atoms with Gasteiger partial charge in [-0.2, -0.15) is 5.10 Å². The van der Waals surface area contributed by atoms with Gasteiger partial charge in [0.15, 0.2) is 0 Å². The lowest BCUT2D eigenvalue weighted by Gasteiger charge is -2.37. The number of carbonyl (C=O) groups is 1. The first-order chi connectivity index (χ1) is 15.6. The van der Waals surface area contributed by atoms with Crippen molar-refractivity contribution < 1.29 is 19.4 Å². The van der Waals surface area contributed by atoms with E-state index in [0.29, 0.717) is 30.8 Å². The van der Waals surface area contributed by atoms with Crippen molar-refractivity contribution in [3.05, 3.63) is 64.6 Å². The highest BCUT2D eigenvalue weighted by atomic mass is 19.1. The Balaban J connectivity index is 1.67. The van der Waals surface area contributed by atoms with Crippen LogP contribution in [-0.4, -0.2) is 48.6 Å². The highest BCUT2D eigenvalue weighted by Gasteiger charge is 2.44. The van der Waals surface area contributed by atoms with Gasteiger partial charge in [0.05, 0.1) is 5.69 Å². The Morgan fingerprint density at radius 2 is 1.85 bits per heavy atom. The van der Waals surface area contributed by atoms with Gasteiger partial charge in [0.2, 0.25) is 0 Å². The van der Waals surface area contributed by atoms with Crippen LogP contribution in [0.4, 0.5) is 9.18 Å². The summed E-state index contributed by atoms with van der Waals surface area (Å²) in [6.45, 7) is 6.38. The minimum absolute atomic E-state index is 0.0608. The molecule has 8 nitrogen and oxygen atoms in total. The molecule has 2 aromatic carbocycles. The second-order valence-corrected chi connectivity index (χ2v) is 9.53. The lowest BCUT2D eigenvalue weighted by atomic mass is 9.78. The topological polar surface area (TPSA) is 111 Å². The third-order valence-corrected chi connectivity index (χ3v) is 6.23. The molecule has 9 heteroatoms. The van der Waals surface area contributed by atoms with E-state index in [1.807, 2.05) is 20.8 Å². The van der Waals surface area contributed by atoms with Crippen LogP contribution >= 0.6 is 0 Å². The number of benzene rings is 2. The van der Waals surface area contributed by atoms with Crippen LogP contribution in [0.2, 0.25) is 0 Å². The molecule has 0 bridgehead atoms. The van der Waals surface area contributed by atoms with E-state index in [2.05, 4.69) is 10.2 Å². The summed E-state index contributed by atoms with van der Waals surface area (Å²) < 4.78 is 16.4. The van der Waals surface area contributed by atoms with Gasteiger partial charge in [-0.25, -0.2) is 23.6 Å². The lowest BCUT2D eigenvalue weighted by Crippen LogP contribution is -2.46. The number of nitrogens with one attached hydrogen (secondary N) is 1. The molecule has 1 saturated heterocycles. The van der Waals surface area contributed by atoms with Crippen LogP contribution in [0.15, 0.2) is 47.3 Å². The molecule has 4 rings (SSSR count). The SMILES string of the molecule is CC(C)(C)C1[C@H](Cc2n[nH]c(=O)n2-c2ccc(-c3ccc(O)cc3)cc2F)CCN1C(=O)O. The number of phenolic OH excluding ortho intramolecular Hbond substituents is 1. The van der Waals surface area contributed by atoms with Crippen molar-refractivity contribution >= 4 is 6.09 Å². The molecule has 2 heterocycles. The van der Waals surface area contributed by atoms with E-state index in [-0.39, 0.29) is 28.8 Å². The molecule has 1 aliphatic heterocycles. The molecular weight excluding hydrogens is 427 g/mol. The number of aromatic nitrogens is 3. The normalized spacial score (nSPS) is 18.6. The molecule has 1 fully saturated rings. The molecule has 2 atom stereocenters. The molecule has 174 valence electrons. The molecule has 0 aliphatic carbocycles. The first-order valence-electron chi connectivity index (χ1n) is 10.8. The molecule has 1 amide bonds. The van der Waals surface area contributed by atoms with Gasteiger partial charge in [-0.15, -0.1) is 0 Å². The average Bonchev–Trinajstić information content (AvgIpc) is 3.33. The van der Waals surface area contributed by atoms with Crippen LogP contribution in [0.5, 0.6) is 5.75 Å². The summed E-state index contributed by atoms with van der Waals surface area (Å²) in [5.74, 6) is -0.166. The van der Waals surface area contributed by atoms with Gasteiger partial charge < -0.3 is 15.1 Å². The highest BCUT2D eigenvalue weighted by molar-refractivity contribution is 5.66. The zero-order chi connectivity index (χ0) is 23.9. The second kappa shape index (κ2) is 8.38. The summed E-state index contributed by atoms with van der Waals surface area (Å²) in [6, 6.07) is 10.7. The molecule has 0 radical (unpaired) electrons. The van der Waals surface area contributed by atoms with Gasteiger partial charge in [0, 0.05) is 19.0 Å². The van der Waals surface area contributed by atoms with Crippen molar-refractivity contribution in [1.29, 1.82) is 0 Å². The van der Waals surface area contributed by atoms with Crippen LogP contribution in [0.25, 0.3) is 16.8 Å². The summed E-state index contributed by atoms with van der Waals surface area (Å²) >= 11 is 0. The van der Waals surface area contributed by atoms with E-state index in [9.17, 15) is 19.8 Å². The van der Waals surface area contributed by atoms with Crippen LogP contribution in [0, 0.1) is 17.2 Å². The number of hydrogen-bond donors (Lipinski definition) is 3. The summed E-state index contributed by atoms with van der Waals surface area (Å²) in [5.41, 5.74) is 0.548. The van der Waals surface area contributed by atoms with E-state index in [4.69, 9.17) is 0 Å². The van der Waals surface area contributed by atoms with E-state index >= 15 is 4.39 Å². The minimum atomic E-state index is -0.965. The van der Waals surface area contributed by atoms with E-state index in [1.165, 1.54) is 33.7 Å². The Bertz CT molecular complexity index is 1230. The second-order valence-electron chi connectivity index (χ2n) is 9.53. The van der Waals surface area contributed by atoms with E-state index < -0.39 is 17.6 Å². The summed E-state index contributed by atoms with van der Waals surface area (Å²) in [4.78, 5) is 25.8. The number of amides is 1. The largest absolute Gasteiger partial charge is 0.508 e. The Morgan fingerprint density at radius 3 is 2.45 bits per heavy atom. The third-order valence-electron chi connectivity index (χ3n) is 6.23. The number of H-pyrrole nitrogens is 1. The molecule has 0 saturated carbocycles. The number of hydrogen-bond acceptors (Lipinski definition) is 4. The standard InChI is InChI=1S/C24H27FN4O4/c1-24(2,3)21-16(10-11-28(21)23(32)33)13-20-26-27-22(31)29(20)19-9-6-15(12-18(19)25)14-4-7-17(30)8-5-14/h4-9,12,16,21,30H,10-11,13H2,1-3H3,(H,27,31)(H,32,33)/t16-,21?/m0/s1. The van der Waals surface area contributed by atoms with Crippen LogP contribution < -0.4 is 5.69 Å². The van der Waals surface area contributed by atoms with E-state index in [0.717, 1.165) is 5.56 Å². The quantitative estimate of drug-likeness (QED) is 0.551. The number of aromatic amines is 1. The molecule has 1 unspecified atom stereocenters. The smallest absolute Gasteiger partial charge is 0.407 e. The summed E-state index contributed by atoms with van der Waals surface area (Å²) in [5, 5.41) is 25.6. The summed E-state index contributed by atoms with van der Waals surface area (Å²) in [7, 11) is 0. The number of aromatic hydroxyl groups is 1. The van der Waals surface area contributed by atoms with Crippen molar-refractivity contribution in [2.45, 2.75) is 39.7 Å². The third kappa shape index (κ3) is 4.35. The van der Waals surface area contributed by atoms with Crippen molar-refractivity contribution in [2.75, 3.05) is 6.54 Å². The van der Waals surface area contributed by atoms with Gasteiger partial charge in [-0.3, -0.25) is 0 Å². The molecule has 1 aromatic heterocycles. The van der Waals surface area contributed by atoms with Crippen LogP contribution in [-0.2, 0) is 6.42 Å². The molecule has 33 heavy (non-hydrogen) atoms. The number of carboxylic acid groups (broad SMARTS) is 1. The Kier molecular flexibility index (Phi) is 5.73. The van der Waals surface area contributed by atoms with Crippen LogP contribution in [0.3, 0.4) is 0 Å². The predicted molar refractivity (Wildman–Crippen MR) is 121 cm³/mol. The number of halogens is 1. The molecular formula is C24H27FN4O4. The fourth-order valence-corrected chi connectivity index (χ4v) is 4.93. The maximum absolute atomic E-state index is 15.1. The number of rotatable bonds is 4. The monoisotopic (exact) mass is 454 g/mol. The molecule has 0 spiro atoms. The fourth-order valence-electron chi connectivity index (χ4n) is 4.93. The maximum atomic E-state index is 15.1.